The lowest BCUT2D eigenvalue weighted by Crippen LogP contribution is -3.13. The monoisotopic (exact) mass is 345 g/mol. The van der Waals surface area contributed by atoms with E-state index in [1.54, 1.807) is 0 Å². The summed E-state index contributed by atoms with van der Waals surface area (Å²) >= 11 is 1.20. The normalized spacial score (nSPS) is 17.6. The molecule has 2 aliphatic rings. The smallest absolute Gasteiger partial charge is 0.267 e. The molecule has 1 amide bonds. The van der Waals surface area contributed by atoms with Gasteiger partial charge in [0.2, 0.25) is 0 Å². The molecule has 1 aromatic heterocycles. The number of amides is 1. The Morgan fingerprint density at radius 3 is 2.96 bits per heavy atom. The van der Waals surface area contributed by atoms with Crippen LogP contribution in [-0.4, -0.2) is 53.2 Å². The Balaban J connectivity index is 1.35. The quantitative estimate of drug-likeness (QED) is 0.871. The second-order valence-corrected chi connectivity index (χ2v) is 7.20. The molecule has 1 fully saturated rings. The largest absolute Gasteiger partial charge is 0.493 e. The van der Waals surface area contributed by atoms with Gasteiger partial charge >= 0.3 is 0 Å². The number of nitrogens with zero attached hydrogens (tertiary/aromatic N) is 3. The third-order valence-electron chi connectivity index (χ3n) is 4.81. The molecule has 126 valence electrons. The molecule has 24 heavy (non-hydrogen) atoms. The number of aromatic nitrogens is 2. The van der Waals surface area contributed by atoms with E-state index in [2.05, 4.69) is 27.8 Å². The molecule has 0 bridgehead atoms. The van der Waals surface area contributed by atoms with Crippen LogP contribution in [0, 0.1) is 6.92 Å². The maximum atomic E-state index is 12.5. The number of fused-ring (bicyclic) bond motifs is 1. The number of rotatable bonds is 3. The summed E-state index contributed by atoms with van der Waals surface area (Å²) < 4.78 is 9.43. The van der Waals surface area contributed by atoms with Crippen molar-refractivity contribution in [3.05, 3.63) is 39.9 Å². The fourth-order valence-electron chi connectivity index (χ4n) is 3.41. The van der Waals surface area contributed by atoms with Gasteiger partial charge in [0.15, 0.2) is 0 Å². The van der Waals surface area contributed by atoms with Gasteiger partial charge in [-0.1, -0.05) is 4.49 Å². The van der Waals surface area contributed by atoms with E-state index in [-0.39, 0.29) is 5.91 Å². The lowest BCUT2D eigenvalue weighted by atomic mass is 10.1. The summed E-state index contributed by atoms with van der Waals surface area (Å²) in [6.45, 7) is 7.19. The van der Waals surface area contributed by atoms with Crippen molar-refractivity contribution in [3.8, 4) is 5.75 Å². The Morgan fingerprint density at radius 1 is 1.38 bits per heavy atom. The number of nitrogens with one attached hydrogen (secondary N) is 1. The van der Waals surface area contributed by atoms with Gasteiger partial charge in [-0.2, -0.15) is 0 Å². The summed E-state index contributed by atoms with van der Waals surface area (Å²) in [5.74, 6) is 1.12. The lowest BCUT2D eigenvalue weighted by molar-refractivity contribution is -0.917. The molecule has 1 N–H and O–H groups in total. The van der Waals surface area contributed by atoms with Crippen LogP contribution in [-0.2, 0) is 13.0 Å². The van der Waals surface area contributed by atoms with Crippen molar-refractivity contribution in [3.63, 3.8) is 0 Å². The number of carbonyl (C=O) groups is 1. The van der Waals surface area contributed by atoms with Crippen LogP contribution in [0.5, 0.6) is 5.75 Å². The molecule has 0 spiro atoms. The van der Waals surface area contributed by atoms with Crippen LogP contribution < -0.4 is 9.64 Å². The van der Waals surface area contributed by atoms with Crippen molar-refractivity contribution in [2.75, 3.05) is 32.8 Å². The molecule has 7 heteroatoms. The van der Waals surface area contributed by atoms with Crippen molar-refractivity contribution < 1.29 is 14.4 Å². The Labute approximate surface area is 145 Å². The zero-order valence-electron chi connectivity index (χ0n) is 13.7. The highest BCUT2D eigenvalue weighted by Crippen LogP contribution is 2.25. The number of aryl methyl sites for hydroxylation is 1. The van der Waals surface area contributed by atoms with Gasteiger partial charge in [0.25, 0.3) is 5.91 Å². The minimum atomic E-state index is 0.0798. The summed E-state index contributed by atoms with van der Waals surface area (Å²) in [4.78, 5) is 16.6. The average molecular weight is 345 g/mol. The number of quaternary nitrogens is 1. The van der Waals surface area contributed by atoms with E-state index < -0.39 is 0 Å². The van der Waals surface area contributed by atoms with Crippen LogP contribution in [0.3, 0.4) is 0 Å². The fourth-order valence-corrected chi connectivity index (χ4v) is 4.04. The molecule has 0 radical (unpaired) electrons. The number of benzene rings is 1. The van der Waals surface area contributed by atoms with Gasteiger partial charge in [-0.15, -0.1) is 5.10 Å². The molecule has 1 aromatic carbocycles. The summed E-state index contributed by atoms with van der Waals surface area (Å²) in [6, 6.07) is 6.54. The first-order valence-corrected chi connectivity index (χ1v) is 9.14. The van der Waals surface area contributed by atoms with Crippen molar-refractivity contribution >= 4 is 17.4 Å². The molecule has 0 aliphatic carbocycles. The van der Waals surface area contributed by atoms with Gasteiger partial charge in [-0.25, -0.2) is 0 Å². The second kappa shape index (κ2) is 6.49. The number of carbonyl (C=O) groups excluding carboxylic acids is 1. The summed E-state index contributed by atoms with van der Waals surface area (Å²) in [5, 5.41) is 3.94. The summed E-state index contributed by atoms with van der Waals surface area (Å²) in [6.07, 6.45) is 1.02. The minimum absolute atomic E-state index is 0.0798. The van der Waals surface area contributed by atoms with Gasteiger partial charge in [0.1, 0.15) is 17.2 Å². The Bertz CT molecular complexity index is 753. The van der Waals surface area contributed by atoms with Gasteiger partial charge < -0.3 is 14.5 Å². The van der Waals surface area contributed by atoms with Crippen molar-refractivity contribution in [2.45, 2.75) is 19.9 Å². The molecule has 0 unspecified atom stereocenters. The van der Waals surface area contributed by atoms with Crippen LogP contribution in [0.15, 0.2) is 18.2 Å². The van der Waals surface area contributed by atoms with Gasteiger partial charge in [0, 0.05) is 12.0 Å². The molecule has 6 nitrogen and oxygen atoms in total. The predicted molar refractivity (Wildman–Crippen MR) is 90.6 cm³/mol. The minimum Gasteiger partial charge on any atom is -0.493 e. The predicted octanol–water partition coefficient (Wildman–Crippen LogP) is 0.322. The Kier molecular flexibility index (Phi) is 4.20. The first-order valence-electron chi connectivity index (χ1n) is 8.37. The van der Waals surface area contributed by atoms with E-state index in [4.69, 9.17) is 4.74 Å². The van der Waals surface area contributed by atoms with Crippen molar-refractivity contribution in [1.82, 2.24) is 14.5 Å². The zero-order chi connectivity index (χ0) is 16.5. The van der Waals surface area contributed by atoms with E-state index in [9.17, 15) is 4.79 Å². The number of piperazine rings is 1. The molecular formula is C17H21N4O2S+. The van der Waals surface area contributed by atoms with Crippen LogP contribution in [0.1, 0.15) is 26.5 Å². The van der Waals surface area contributed by atoms with E-state index >= 15 is 0 Å². The molecule has 4 rings (SSSR count). The lowest BCUT2D eigenvalue weighted by Gasteiger charge is -2.32. The third-order valence-corrected chi connectivity index (χ3v) is 5.63. The maximum absolute atomic E-state index is 12.5. The second-order valence-electron chi connectivity index (χ2n) is 6.45. The Morgan fingerprint density at radius 2 is 2.21 bits per heavy atom. The molecule has 3 heterocycles. The SMILES string of the molecule is Cc1nnsc1C(=O)N1CC[NH+](Cc2ccc3c(c2)CCO3)CC1. The molecule has 1 saturated heterocycles. The highest BCUT2D eigenvalue weighted by Gasteiger charge is 2.27. The first-order chi connectivity index (χ1) is 11.7. The molecule has 2 aliphatic heterocycles. The molecule has 2 aromatic rings. The summed E-state index contributed by atoms with van der Waals surface area (Å²) in [5.41, 5.74) is 3.42. The van der Waals surface area contributed by atoms with Crippen molar-refractivity contribution in [2.24, 2.45) is 0 Å². The van der Waals surface area contributed by atoms with Gasteiger partial charge in [-0.05, 0) is 42.2 Å². The highest BCUT2D eigenvalue weighted by atomic mass is 32.1. The zero-order valence-corrected chi connectivity index (χ0v) is 14.6. The highest BCUT2D eigenvalue weighted by molar-refractivity contribution is 7.07. The van der Waals surface area contributed by atoms with Crippen LogP contribution in [0.2, 0.25) is 0 Å². The topological polar surface area (TPSA) is 59.8 Å². The number of hydrogen-bond acceptors (Lipinski definition) is 5. The molecule has 0 atom stereocenters. The van der Waals surface area contributed by atoms with Gasteiger partial charge in [-0.3, -0.25) is 4.79 Å². The Hall–Kier alpha value is -1.99. The average Bonchev–Trinajstić information content (AvgIpc) is 3.23. The van der Waals surface area contributed by atoms with E-state index in [0.29, 0.717) is 4.88 Å². The van der Waals surface area contributed by atoms with E-state index in [1.165, 1.54) is 27.6 Å². The van der Waals surface area contributed by atoms with Crippen LogP contribution in [0.25, 0.3) is 0 Å². The standard InChI is InChI=1S/C17H20N4O2S/c1-12-16(24-19-18-12)17(22)21-7-5-20(6-8-21)11-13-2-3-15-14(10-13)4-9-23-15/h2-3,10H,4-9,11H2,1H3/p+1. The number of ether oxygens (including phenoxy) is 1. The third kappa shape index (κ3) is 3.01. The molecular weight excluding hydrogens is 324 g/mol. The maximum Gasteiger partial charge on any atom is 0.267 e. The van der Waals surface area contributed by atoms with E-state index in [0.717, 1.165) is 57.2 Å². The van der Waals surface area contributed by atoms with E-state index in [1.807, 2.05) is 11.8 Å². The summed E-state index contributed by atoms with van der Waals surface area (Å²) in [7, 11) is 0. The van der Waals surface area contributed by atoms with Crippen molar-refractivity contribution in [1.29, 1.82) is 0 Å². The number of hydrogen-bond donors (Lipinski definition) is 1. The van der Waals surface area contributed by atoms with Gasteiger partial charge in [0.05, 0.1) is 38.5 Å². The van der Waals surface area contributed by atoms with Crippen LogP contribution in [0.4, 0.5) is 0 Å². The first kappa shape index (κ1) is 15.5. The van der Waals surface area contributed by atoms with Crippen LogP contribution >= 0.6 is 11.5 Å². The molecule has 0 saturated carbocycles. The fraction of sp³-hybridized carbons (Fsp3) is 0.471.